The molecule has 2 rings (SSSR count). The molecule has 0 fully saturated rings. The largest absolute Gasteiger partial charge is 0.465 e. The zero-order chi connectivity index (χ0) is 16.9. The smallest absolute Gasteiger partial charge is 0.248 e. The van der Waals surface area contributed by atoms with Crippen molar-refractivity contribution in [2.45, 2.75) is 24.8 Å². The number of furan rings is 1. The van der Waals surface area contributed by atoms with Crippen molar-refractivity contribution < 1.29 is 17.6 Å². The lowest BCUT2D eigenvalue weighted by molar-refractivity contribution is -0.111. The van der Waals surface area contributed by atoms with Gasteiger partial charge in [0.1, 0.15) is 5.76 Å². The van der Waals surface area contributed by atoms with Crippen molar-refractivity contribution in [2.75, 3.05) is 5.32 Å². The highest BCUT2D eigenvalue weighted by molar-refractivity contribution is 7.89. The Balaban J connectivity index is 2.01. The van der Waals surface area contributed by atoms with Crippen LogP contribution in [0, 0.1) is 0 Å². The highest BCUT2D eigenvalue weighted by Gasteiger charge is 2.14. The third-order valence-electron chi connectivity index (χ3n) is 2.77. The molecular weight excluding hydrogens is 316 g/mol. The van der Waals surface area contributed by atoms with Crippen LogP contribution < -0.4 is 10.0 Å². The van der Waals surface area contributed by atoms with E-state index in [9.17, 15) is 13.2 Å². The van der Waals surface area contributed by atoms with Gasteiger partial charge in [-0.05, 0) is 56.3 Å². The van der Waals surface area contributed by atoms with Crippen LogP contribution in [0.15, 0.2) is 58.1 Å². The number of rotatable bonds is 6. The molecule has 1 heterocycles. The minimum absolute atomic E-state index is 0.148. The molecule has 0 unspecified atom stereocenters. The molecule has 1 aromatic heterocycles. The van der Waals surface area contributed by atoms with Gasteiger partial charge in [0, 0.05) is 17.8 Å². The molecule has 1 aromatic carbocycles. The van der Waals surface area contributed by atoms with Crippen LogP contribution in [0.25, 0.3) is 6.08 Å². The summed E-state index contributed by atoms with van der Waals surface area (Å²) in [5, 5.41) is 2.64. The van der Waals surface area contributed by atoms with E-state index in [1.54, 1.807) is 32.1 Å². The Hall–Kier alpha value is -2.38. The molecule has 0 bridgehead atoms. The van der Waals surface area contributed by atoms with E-state index >= 15 is 0 Å². The first kappa shape index (κ1) is 17.0. The highest BCUT2D eigenvalue weighted by atomic mass is 32.2. The Kier molecular flexibility index (Phi) is 5.36. The average Bonchev–Trinajstić information content (AvgIpc) is 2.97. The van der Waals surface area contributed by atoms with E-state index in [4.69, 9.17) is 4.42 Å². The van der Waals surface area contributed by atoms with E-state index in [2.05, 4.69) is 10.0 Å². The maximum Gasteiger partial charge on any atom is 0.248 e. The number of benzene rings is 1. The second-order valence-corrected chi connectivity index (χ2v) is 6.85. The van der Waals surface area contributed by atoms with Gasteiger partial charge in [-0.2, -0.15) is 0 Å². The second-order valence-electron chi connectivity index (χ2n) is 5.14. The monoisotopic (exact) mass is 334 g/mol. The molecule has 0 radical (unpaired) electrons. The molecule has 1 amide bonds. The first-order chi connectivity index (χ1) is 10.9. The molecule has 0 saturated carbocycles. The van der Waals surface area contributed by atoms with Gasteiger partial charge >= 0.3 is 0 Å². The SMILES string of the molecule is CC(C)NS(=O)(=O)c1ccc(NC(=O)/C=C/c2ccco2)cc1. The van der Waals surface area contributed by atoms with Gasteiger partial charge < -0.3 is 9.73 Å². The Morgan fingerprint density at radius 2 is 1.87 bits per heavy atom. The summed E-state index contributed by atoms with van der Waals surface area (Å²) in [5.41, 5.74) is 0.502. The fourth-order valence-electron chi connectivity index (χ4n) is 1.82. The Morgan fingerprint density at radius 1 is 1.17 bits per heavy atom. The van der Waals surface area contributed by atoms with E-state index in [0.717, 1.165) is 0 Å². The number of sulfonamides is 1. The van der Waals surface area contributed by atoms with Crippen LogP contribution in [-0.2, 0) is 14.8 Å². The van der Waals surface area contributed by atoms with Gasteiger partial charge in [0.05, 0.1) is 11.2 Å². The number of carbonyl (C=O) groups is 1. The van der Waals surface area contributed by atoms with Gasteiger partial charge in [-0.25, -0.2) is 13.1 Å². The van der Waals surface area contributed by atoms with Crippen LogP contribution in [0.3, 0.4) is 0 Å². The Labute approximate surface area is 135 Å². The van der Waals surface area contributed by atoms with E-state index in [-0.39, 0.29) is 16.8 Å². The molecule has 0 aliphatic rings. The van der Waals surface area contributed by atoms with Gasteiger partial charge in [0.15, 0.2) is 0 Å². The molecule has 23 heavy (non-hydrogen) atoms. The second kappa shape index (κ2) is 7.26. The summed E-state index contributed by atoms with van der Waals surface area (Å²) in [6.45, 7) is 3.50. The lowest BCUT2D eigenvalue weighted by atomic mass is 10.3. The van der Waals surface area contributed by atoms with Crippen LogP contribution in [0.1, 0.15) is 19.6 Å². The molecule has 122 valence electrons. The Bertz CT molecular complexity index is 776. The van der Waals surface area contributed by atoms with Crippen molar-refractivity contribution in [2.24, 2.45) is 0 Å². The standard InChI is InChI=1S/C16H18N2O4S/c1-12(2)18-23(20,21)15-8-5-13(6-9-15)17-16(19)10-7-14-4-3-11-22-14/h3-12,18H,1-2H3,(H,17,19)/b10-7+. The molecular formula is C16H18N2O4S. The maximum absolute atomic E-state index is 12.0. The number of hydrogen-bond donors (Lipinski definition) is 2. The normalized spacial score (nSPS) is 12.0. The summed E-state index contributed by atoms with van der Waals surface area (Å²) < 4.78 is 31.6. The van der Waals surface area contributed by atoms with Crippen LogP contribution in [-0.4, -0.2) is 20.4 Å². The molecule has 0 saturated heterocycles. The van der Waals surface area contributed by atoms with Gasteiger partial charge in [0.2, 0.25) is 15.9 Å². The third kappa shape index (κ3) is 5.08. The van der Waals surface area contributed by atoms with Crippen LogP contribution in [0.5, 0.6) is 0 Å². The quantitative estimate of drug-likeness (QED) is 0.795. The summed E-state index contributed by atoms with van der Waals surface area (Å²) in [5.74, 6) is 0.235. The van der Waals surface area contributed by atoms with Crippen LogP contribution in [0.4, 0.5) is 5.69 Å². The number of hydrogen-bond acceptors (Lipinski definition) is 4. The zero-order valence-electron chi connectivity index (χ0n) is 12.8. The van der Waals surface area contributed by atoms with Gasteiger partial charge in [-0.15, -0.1) is 0 Å². The van der Waals surface area contributed by atoms with E-state index < -0.39 is 10.0 Å². The lowest BCUT2D eigenvalue weighted by Crippen LogP contribution is -2.30. The maximum atomic E-state index is 12.0. The van der Waals surface area contributed by atoms with E-state index in [0.29, 0.717) is 11.4 Å². The average molecular weight is 334 g/mol. The van der Waals surface area contributed by atoms with E-state index in [1.165, 1.54) is 36.6 Å². The molecule has 0 aliphatic carbocycles. The molecule has 2 N–H and O–H groups in total. The fourth-order valence-corrected chi connectivity index (χ4v) is 3.07. The number of carbonyl (C=O) groups excluding carboxylic acids is 1. The van der Waals surface area contributed by atoms with Crippen molar-refractivity contribution in [1.82, 2.24) is 4.72 Å². The first-order valence-electron chi connectivity index (χ1n) is 7.02. The molecule has 0 atom stereocenters. The van der Waals surface area contributed by atoms with Crippen LogP contribution in [0.2, 0.25) is 0 Å². The third-order valence-corrected chi connectivity index (χ3v) is 4.44. The lowest BCUT2D eigenvalue weighted by Gasteiger charge is -2.10. The van der Waals surface area contributed by atoms with Crippen LogP contribution >= 0.6 is 0 Å². The minimum atomic E-state index is -3.53. The molecule has 7 heteroatoms. The predicted octanol–water partition coefficient (Wildman–Crippen LogP) is 2.62. The van der Waals surface area contributed by atoms with Crippen molar-refractivity contribution in [3.8, 4) is 0 Å². The van der Waals surface area contributed by atoms with Gasteiger partial charge in [-0.1, -0.05) is 0 Å². The summed E-state index contributed by atoms with van der Waals surface area (Å²) in [6.07, 6.45) is 4.40. The zero-order valence-corrected chi connectivity index (χ0v) is 13.6. The molecule has 0 aliphatic heterocycles. The number of nitrogens with one attached hydrogen (secondary N) is 2. The summed E-state index contributed by atoms with van der Waals surface area (Å²) in [4.78, 5) is 11.9. The minimum Gasteiger partial charge on any atom is -0.465 e. The predicted molar refractivity (Wildman–Crippen MR) is 88.3 cm³/mol. The number of anilines is 1. The topological polar surface area (TPSA) is 88.4 Å². The fraction of sp³-hybridized carbons (Fsp3) is 0.188. The van der Waals surface area contributed by atoms with Crippen molar-refractivity contribution in [3.63, 3.8) is 0 Å². The first-order valence-corrected chi connectivity index (χ1v) is 8.50. The molecule has 0 spiro atoms. The molecule has 6 nitrogen and oxygen atoms in total. The van der Waals surface area contributed by atoms with Crippen molar-refractivity contribution >= 4 is 27.7 Å². The number of amides is 1. The Morgan fingerprint density at radius 3 is 2.43 bits per heavy atom. The summed E-state index contributed by atoms with van der Waals surface area (Å²) in [7, 11) is -3.53. The van der Waals surface area contributed by atoms with E-state index in [1.807, 2.05) is 0 Å². The highest BCUT2D eigenvalue weighted by Crippen LogP contribution is 2.14. The van der Waals surface area contributed by atoms with Gasteiger partial charge in [0.25, 0.3) is 0 Å². The summed E-state index contributed by atoms with van der Waals surface area (Å²) in [6, 6.07) is 9.22. The summed E-state index contributed by atoms with van der Waals surface area (Å²) >= 11 is 0. The van der Waals surface area contributed by atoms with Gasteiger partial charge in [-0.3, -0.25) is 4.79 Å². The van der Waals surface area contributed by atoms with Crippen molar-refractivity contribution in [3.05, 3.63) is 54.5 Å². The molecule has 2 aromatic rings. The van der Waals surface area contributed by atoms with Crippen molar-refractivity contribution in [1.29, 1.82) is 0 Å².